The van der Waals surface area contributed by atoms with Gasteiger partial charge in [0.15, 0.2) is 0 Å². The van der Waals surface area contributed by atoms with Crippen molar-refractivity contribution >= 4 is 26.7 Å². The zero-order chi connectivity index (χ0) is 24.4. The molecule has 1 aliphatic carbocycles. The van der Waals surface area contributed by atoms with Crippen molar-refractivity contribution in [2.45, 2.75) is 43.2 Å². The van der Waals surface area contributed by atoms with Gasteiger partial charge in [0.2, 0.25) is 10.0 Å². The van der Waals surface area contributed by atoms with Crippen LogP contribution in [0.15, 0.2) is 58.2 Å². The highest BCUT2D eigenvalue weighted by atomic mass is 32.2. The average Bonchev–Trinajstić information content (AvgIpc) is 3.44. The number of rotatable bonds is 6. The molecule has 184 valence electrons. The van der Waals surface area contributed by atoms with Crippen LogP contribution in [0.1, 0.15) is 47.8 Å². The summed E-state index contributed by atoms with van der Waals surface area (Å²) >= 11 is 0. The molecule has 0 atom stereocenters. The van der Waals surface area contributed by atoms with Crippen molar-refractivity contribution in [3.05, 3.63) is 70.1 Å². The second-order valence-electron chi connectivity index (χ2n) is 8.90. The van der Waals surface area contributed by atoms with E-state index in [0.29, 0.717) is 42.9 Å². The molecule has 1 amide bonds. The predicted octanol–water partition coefficient (Wildman–Crippen LogP) is 2.46. The van der Waals surface area contributed by atoms with Gasteiger partial charge in [-0.2, -0.15) is 9.40 Å². The van der Waals surface area contributed by atoms with E-state index in [4.69, 9.17) is 4.74 Å². The molecule has 2 aromatic carbocycles. The summed E-state index contributed by atoms with van der Waals surface area (Å²) in [6.45, 7) is 1.52. The first-order chi connectivity index (χ1) is 16.9. The monoisotopic (exact) mass is 496 g/mol. The Labute approximate surface area is 203 Å². The van der Waals surface area contributed by atoms with Crippen LogP contribution in [0.2, 0.25) is 0 Å². The van der Waals surface area contributed by atoms with E-state index in [0.717, 1.165) is 31.1 Å². The lowest BCUT2D eigenvalue weighted by atomic mass is 10.1. The first-order valence-corrected chi connectivity index (χ1v) is 13.4. The van der Waals surface area contributed by atoms with Gasteiger partial charge in [-0.15, -0.1) is 0 Å². The normalized spacial score (nSPS) is 17.6. The Hall–Kier alpha value is -3.08. The number of hydrogen-bond donors (Lipinski definition) is 1. The number of amides is 1. The highest BCUT2D eigenvalue weighted by Crippen LogP contribution is 2.28. The van der Waals surface area contributed by atoms with Crippen molar-refractivity contribution in [2.24, 2.45) is 0 Å². The van der Waals surface area contributed by atoms with Crippen LogP contribution in [0.3, 0.4) is 0 Å². The molecule has 1 N–H and O–H groups in total. The van der Waals surface area contributed by atoms with Gasteiger partial charge in [-0.1, -0.05) is 31.0 Å². The fourth-order valence-corrected chi connectivity index (χ4v) is 6.19. The van der Waals surface area contributed by atoms with E-state index in [1.807, 2.05) is 18.2 Å². The van der Waals surface area contributed by atoms with Crippen molar-refractivity contribution in [1.82, 2.24) is 19.4 Å². The third-order valence-corrected chi connectivity index (χ3v) is 8.63. The lowest BCUT2D eigenvalue weighted by molar-refractivity contribution is 0.0730. The van der Waals surface area contributed by atoms with Crippen LogP contribution in [-0.4, -0.2) is 54.7 Å². The maximum absolute atomic E-state index is 13.0. The van der Waals surface area contributed by atoms with E-state index in [1.54, 1.807) is 10.7 Å². The Balaban J connectivity index is 1.34. The second kappa shape index (κ2) is 9.88. The van der Waals surface area contributed by atoms with E-state index < -0.39 is 10.0 Å². The molecule has 3 aromatic rings. The van der Waals surface area contributed by atoms with Gasteiger partial charge in [0.25, 0.3) is 11.5 Å². The van der Waals surface area contributed by atoms with Gasteiger partial charge in [-0.25, -0.2) is 13.1 Å². The number of aromatic nitrogens is 2. The maximum atomic E-state index is 13.0. The van der Waals surface area contributed by atoms with Crippen LogP contribution >= 0.6 is 0 Å². The van der Waals surface area contributed by atoms with Gasteiger partial charge >= 0.3 is 0 Å². The molecule has 35 heavy (non-hydrogen) atoms. The number of carbonyl (C=O) groups excluding carboxylic acids is 1. The number of morpholine rings is 1. The van der Waals surface area contributed by atoms with Crippen molar-refractivity contribution in [3.8, 4) is 0 Å². The molecular weight excluding hydrogens is 468 g/mol. The van der Waals surface area contributed by atoms with E-state index >= 15 is 0 Å². The van der Waals surface area contributed by atoms with Gasteiger partial charge in [0.1, 0.15) is 0 Å². The Kier molecular flexibility index (Phi) is 6.68. The van der Waals surface area contributed by atoms with Gasteiger partial charge in [-0.05, 0) is 43.2 Å². The van der Waals surface area contributed by atoms with E-state index in [2.05, 4.69) is 10.4 Å². The lowest BCUT2D eigenvalue weighted by Crippen LogP contribution is -2.40. The fraction of sp³-hybridized carbons (Fsp3) is 0.400. The van der Waals surface area contributed by atoms with E-state index in [9.17, 15) is 18.0 Å². The summed E-state index contributed by atoms with van der Waals surface area (Å²) in [5.41, 5.74) is 0.881. The highest BCUT2D eigenvalue weighted by molar-refractivity contribution is 7.89. The summed E-state index contributed by atoms with van der Waals surface area (Å²) < 4.78 is 33.8. The molecule has 10 heteroatoms. The Bertz CT molecular complexity index is 1390. The predicted molar refractivity (Wildman–Crippen MR) is 131 cm³/mol. The zero-order valence-corrected chi connectivity index (χ0v) is 20.2. The summed E-state index contributed by atoms with van der Waals surface area (Å²) in [5.74, 6) is -0.343. The molecule has 2 heterocycles. The maximum Gasteiger partial charge on any atom is 0.274 e. The SMILES string of the molecule is O=C(NCc1nn(C2CCCC2)c(=O)c2ccccc12)c1ccc(S(=O)(=O)N2CCOCC2)cc1. The smallest absolute Gasteiger partial charge is 0.274 e. The molecule has 0 spiro atoms. The van der Waals surface area contributed by atoms with Crippen LogP contribution in [0.25, 0.3) is 10.8 Å². The fourth-order valence-electron chi connectivity index (χ4n) is 4.78. The molecule has 9 nitrogen and oxygen atoms in total. The topological polar surface area (TPSA) is 111 Å². The molecule has 0 radical (unpaired) electrons. The van der Waals surface area contributed by atoms with Gasteiger partial charge in [-0.3, -0.25) is 9.59 Å². The number of nitrogens with one attached hydrogen (secondary N) is 1. The van der Waals surface area contributed by atoms with Crippen LogP contribution in [0, 0.1) is 0 Å². The number of carbonyl (C=O) groups is 1. The standard InChI is InChI=1S/C25H28N4O5S/c30-24(18-9-11-20(12-10-18)35(32,33)28-13-15-34-16-14-28)26-17-23-21-7-3-4-8-22(21)25(31)29(27-23)19-5-1-2-6-19/h3-4,7-12,19H,1-2,5-6,13-17H2,(H,26,30). The summed E-state index contributed by atoms with van der Waals surface area (Å²) in [7, 11) is -3.62. The number of benzene rings is 2. The lowest BCUT2D eigenvalue weighted by Gasteiger charge is -2.26. The van der Waals surface area contributed by atoms with E-state index in [-0.39, 0.29) is 28.9 Å². The average molecular weight is 497 g/mol. The van der Waals surface area contributed by atoms with Crippen LogP contribution < -0.4 is 10.9 Å². The molecule has 1 saturated carbocycles. The molecular formula is C25H28N4O5S. The van der Waals surface area contributed by atoms with Crippen LogP contribution in [0.4, 0.5) is 0 Å². The van der Waals surface area contributed by atoms with Crippen molar-refractivity contribution in [2.75, 3.05) is 26.3 Å². The minimum absolute atomic E-state index is 0.0857. The third-order valence-electron chi connectivity index (χ3n) is 6.72. The number of ether oxygens (including phenoxy) is 1. The Morgan fingerprint density at radius 3 is 2.34 bits per heavy atom. The second-order valence-corrected chi connectivity index (χ2v) is 10.8. The number of fused-ring (bicyclic) bond motifs is 1. The highest BCUT2D eigenvalue weighted by Gasteiger charge is 2.26. The quantitative estimate of drug-likeness (QED) is 0.561. The zero-order valence-electron chi connectivity index (χ0n) is 19.4. The number of nitrogens with zero attached hydrogens (tertiary/aromatic N) is 3. The molecule has 1 aromatic heterocycles. The minimum Gasteiger partial charge on any atom is -0.379 e. The van der Waals surface area contributed by atoms with Crippen LogP contribution in [0.5, 0.6) is 0 Å². The first kappa shape index (κ1) is 23.7. The van der Waals surface area contributed by atoms with Crippen molar-refractivity contribution in [3.63, 3.8) is 0 Å². The van der Waals surface area contributed by atoms with Gasteiger partial charge < -0.3 is 10.1 Å². The summed E-state index contributed by atoms with van der Waals surface area (Å²) in [6, 6.07) is 13.3. The Morgan fingerprint density at radius 2 is 1.66 bits per heavy atom. The van der Waals surface area contributed by atoms with Crippen LogP contribution in [-0.2, 0) is 21.3 Å². The molecule has 2 aliphatic rings. The largest absolute Gasteiger partial charge is 0.379 e. The van der Waals surface area contributed by atoms with Crippen molar-refractivity contribution in [1.29, 1.82) is 0 Å². The third kappa shape index (κ3) is 4.73. The number of hydrogen-bond acceptors (Lipinski definition) is 6. The van der Waals surface area contributed by atoms with Crippen molar-refractivity contribution < 1.29 is 17.9 Å². The summed E-state index contributed by atoms with van der Waals surface area (Å²) in [6.07, 6.45) is 4.01. The van der Waals surface area contributed by atoms with Gasteiger partial charge in [0.05, 0.1) is 41.8 Å². The summed E-state index contributed by atoms with van der Waals surface area (Å²) in [5, 5.41) is 8.83. The molecule has 1 aliphatic heterocycles. The molecule has 5 rings (SSSR count). The summed E-state index contributed by atoms with van der Waals surface area (Å²) in [4.78, 5) is 26.0. The van der Waals surface area contributed by atoms with Gasteiger partial charge in [0, 0.05) is 24.0 Å². The molecule has 2 fully saturated rings. The molecule has 0 unspecified atom stereocenters. The van der Waals surface area contributed by atoms with E-state index in [1.165, 1.54) is 28.6 Å². The minimum atomic E-state index is -3.62. The molecule has 0 bridgehead atoms. The Morgan fingerprint density at radius 1 is 1.00 bits per heavy atom. The molecule has 1 saturated heterocycles. The first-order valence-electron chi connectivity index (χ1n) is 11.9. The number of sulfonamides is 1.